The number of hydrogen-bond donors (Lipinski definition) is 0. The maximum atomic E-state index is 2.42. The van der Waals surface area contributed by atoms with Gasteiger partial charge in [-0.05, 0) is 30.6 Å². The van der Waals surface area contributed by atoms with Gasteiger partial charge >= 0.3 is 0 Å². The molecule has 0 aromatic carbocycles. The van der Waals surface area contributed by atoms with Crippen LogP contribution < -0.4 is 0 Å². The van der Waals surface area contributed by atoms with Crippen molar-refractivity contribution in [3.8, 4) is 0 Å². The quantitative estimate of drug-likeness (QED) is 0.466. The predicted molar refractivity (Wildman–Crippen MR) is 66.5 cm³/mol. The standard InChI is InChI=1S/C14H30/c1-6-7-8-9-13(4)11-14(5)10-12(2)3/h12-14H,6-11H2,1-5H3. The van der Waals surface area contributed by atoms with Crippen LogP contribution in [0.1, 0.15) is 73.1 Å². The minimum Gasteiger partial charge on any atom is -0.0654 e. The first-order valence-corrected chi connectivity index (χ1v) is 6.56. The molecule has 0 aliphatic carbocycles. The summed E-state index contributed by atoms with van der Waals surface area (Å²) in [6.45, 7) is 11.8. The van der Waals surface area contributed by atoms with Crippen molar-refractivity contribution in [1.29, 1.82) is 0 Å². The molecule has 86 valence electrons. The number of rotatable bonds is 8. The van der Waals surface area contributed by atoms with Crippen molar-refractivity contribution >= 4 is 0 Å². The van der Waals surface area contributed by atoms with Gasteiger partial charge in [-0.2, -0.15) is 0 Å². The minimum absolute atomic E-state index is 0.868. The lowest BCUT2D eigenvalue weighted by Gasteiger charge is -2.18. The SMILES string of the molecule is CCCCCC(C)CC(C)CC(C)C. The average Bonchev–Trinajstić information content (AvgIpc) is 2.02. The molecule has 2 unspecified atom stereocenters. The maximum absolute atomic E-state index is 2.42. The highest BCUT2D eigenvalue weighted by Crippen LogP contribution is 2.22. The fraction of sp³-hybridized carbons (Fsp3) is 1.00. The second kappa shape index (κ2) is 8.32. The lowest BCUT2D eigenvalue weighted by molar-refractivity contribution is 0.337. The first-order chi connectivity index (χ1) is 6.56. The van der Waals surface area contributed by atoms with E-state index in [1.54, 1.807) is 0 Å². The Morgan fingerprint density at radius 1 is 0.786 bits per heavy atom. The molecule has 0 saturated heterocycles. The summed E-state index contributed by atoms with van der Waals surface area (Å²) in [6, 6.07) is 0. The average molecular weight is 198 g/mol. The van der Waals surface area contributed by atoms with Crippen LogP contribution in [-0.4, -0.2) is 0 Å². The Morgan fingerprint density at radius 2 is 1.43 bits per heavy atom. The van der Waals surface area contributed by atoms with Crippen molar-refractivity contribution in [2.75, 3.05) is 0 Å². The van der Waals surface area contributed by atoms with Crippen molar-refractivity contribution in [3.05, 3.63) is 0 Å². The molecule has 0 saturated carbocycles. The second-order valence-corrected chi connectivity index (χ2v) is 5.57. The Labute approximate surface area is 91.5 Å². The van der Waals surface area contributed by atoms with E-state index in [4.69, 9.17) is 0 Å². The van der Waals surface area contributed by atoms with Crippen LogP contribution in [0.15, 0.2) is 0 Å². The molecule has 0 aromatic heterocycles. The number of unbranched alkanes of at least 4 members (excludes halogenated alkanes) is 2. The molecule has 0 rings (SSSR count). The van der Waals surface area contributed by atoms with E-state index < -0.39 is 0 Å². The summed E-state index contributed by atoms with van der Waals surface area (Å²) in [6.07, 6.45) is 8.49. The molecule has 14 heavy (non-hydrogen) atoms. The molecule has 2 atom stereocenters. The Balaban J connectivity index is 3.44. The summed E-state index contributed by atoms with van der Waals surface area (Å²) in [5.41, 5.74) is 0. The van der Waals surface area contributed by atoms with Gasteiger partial charge in [-0.15, -0.1) is 0 Å². The van der Waals surface area contributed by atoms with Crippen LogP contribution in [-0.2, 0) is 0 Å². The molecule has 0 aromatic rings. The van der Waals surface area contributed by atoms with E-state index in [9.17, 15) is 0 Å². The van der Waals surface area contributed by atoms with Gasteiger partial charge < -0.3 is 0 Å². The molecular formula is C14H30. The van der Waals surface area contributed by atoms with E-state index in [0.29, 0.717) is 0 Å². The van der Waals surface area contributed by atoms with E-state index in [1.807, 2.05) is 0 Å². The first-order valence-electron chi connectivity index (χ1n) is 6.56. The van der Waals surface area contributed by atoms with Gasteiger partial charge in [-0.25, -0.2) is 0 Å². The zero-order chi connectivity index (χ0) is 11.0. The van der Waals surface area contributed by atoms with Crippen LogP contribution in [0.2, 0.25) is 0 Å². The summed E-state index contributed by atoms with van der Waals surface area (Å²) < 4.78 is 0. The normalized spacial score (nSPS) is 15.9. The smallest absolute Gasteiger partial charge is 0.0438 e. The fourth-order valence-corrected chi connectivity index (χ4v) is 2.45. The van der Waals surface area contributed by atoms with Crippen LogP contribution in [0.3, 0.4) is 0 Å². The third kappa shape index (κ3) is 8.59. The van der Waals surface area contributed by atoms with Crippen LogP contribution >= 0.6 is 0 Å². The highest BCUT2D eigenvalue weighted by Gasteiger charge is 2.09. The van der Waals surface area contributed by atoms with Gasteiger partial charge in [-0.1, -0.05) is 60.3 Å². The fourth-order valence-electron chi connectivity index (χ4n) is 2.45. The molecule has 0 nitrogen and oxygen atoms in total. The van der Waals surface area contributed by atoms with Gasteiger partial charge in [-0.3, -0.25) is 0 Å². The van der Waals surface area contributed by atoms with Gasteiger partial charge in [0, 0.05) is 0 Å². The minimum atomic E-state index is 0.868. The van der Waals surface area contributed by atoms with Gasteiger partial charge in [0.2, 0.25) is 0 Å². The highest BCUT2D eigenvalue weighted by atomic mass is 14.2. The predicted octanol–water partition coefficient (Wildman–Crippen LogP) is 5.28. The van der Waals surface area contributed by atoms with Crippen LogP contribution in [0, 0.1) is 17.8 Å². The van der Waals surface area contributed by atoms with E-state index >= 15 is 0 Å². The summed E-state index contributed by atoms with van der Waals surface area (Å²) in [7, 11) is 0. The molecule has 0 heterocycles. The number of hydrogen-bond acceptors (Lipinski definition) is 0. The van der Waals surface area contributed by atoms with Crippen molar-refractivity contribution in [2.24, 2.45) is 17.8 Å². The zero-order valence-electron chi connectivity index (χ0n) is 11.0. The Kier molecular flexibility index (Phi) is 8.32. The largest absolute Gasteiger partial charge is 0.0654 e. The Morgan fingerprint density at radius 3 is 1.93 bits per heavy atom. The van der Waals surface area contributed by atoms with Crippen molar-refractivity contribution in [1.82, 2.24) is 0 Å². The van der Waals surface area contributed by atoms with Gasteiger partial charge in [0.1, 0.15) is 0 Å². The molecule has 0 aliphatic heterocycles. The molecule has 0 bridgehead atoms. The molecule has 0 radical (unpaired) electrons. The third-order valence-corrected chi connectivity index (χ3v) is 2.98. The molecule has 0 heteroatoms. The van der Waals surface area contributed by atoms with Gasteiger partial charge in [0.25, 0.3) is 0 Å². The second-order valence-electron chi connectivity index (χ2n) is 5.57. The highest BCUT2D eigenvalue weighted by molar-refractivity contribution is 4.61. The zero-order valence-corrected chi connectivity index (χ0v) is 11.0. The van der Waals surface area contributed by atoms with Crippen LogP contribution in [0.25, 0.3) is 0 Å². The summed E-state index contributed by atoms with van der Waals surface area (Å²) >= 11 is 0. The summed E-state index contributed by atoms with van der Waals surface area (Å²) in [5.74, 6) is 2.73. The van der Waals surface area contributed by atoms with Crippen LogP contribution in [0.5, 0.6) is 0 Å². The molecular weight excluding hydrogens is 168 g/mol. The topological polar surface area (TPSA) is 0 Å². The van der Waals surface area contributed by atoms with Crippen LogP contribution in [0.4, 0.5) is 0 Å². The lowest BCUT2D eigenvalue weighted by atomic mass is 9.88. The summed E-state index contributed by atoms with van der Waals surface area (Å²) in [5, 5.41) is 0. The van der Waals surface area contributed by atoms with Crippen molar-refractivity contribution in [2.45, 2.75) is 73.1 Å². The lowest BCUT2D eigenvalue weighted by Crippen LogP contribution is -2.06. The van der Waals surface area contributed by atoms with E-state index in [2.05, 4.69) is 34.6 Å². The monoisotopic (exact) mass is 198 g/mol. The van der Waals surface area contributed by atoms with E-state index in [1.165, 1.54) is 38.5 Å². The maximum Gasteiger partial charge on any atom is -0.0438 e. The molecule has 0 aliphatic rings. The summed E-state index contributed by atoms with van der Waals surface area (Å²) in [4.78, 5) is 0. The van der Waals surface area contributed by atoms with Crippen molar-refractivity contribution in [3.63, 3.8) is 0 Å². The molecule has 0 fully saturated rings. The Hall–Kier alpha value is 0. The van der Waals surface area contributed by atoms with Gasteiger partial charge in [0.15, 0.2) is 0 Å². The van der Waals surface area contributed by atoms with Crippen molar-refractivity contribution < 1.29 is 0 Å². The Bertz CT molecular complexity index is 115. The van der Waals surface area contributed by atoms with Gasteiger partial charge in [0.05, 0.1) is 0 Å². The third-order valence-electron chi connectivity index (χ3n) is 2.98. The molecule has 0 N–H and O–H groups in total. The molecule has 0 spiro atoms. The van der Waals surface area contributed by atoms with E-state index in [-0.39, 0.29) is 0 Å². The first kappa shape index (κ1) is 14.0. The van der Waals surface area contributed by atoms with E-state index in [0.717, 1.165) is 17.8 Å². The molecule has 0 amide bonds.